The van der Waals surface area contributed by atoms with Crippen LogP contribution in [0.25, 0.3) is 0 Å². The third kappa shape index (κ3) is 2.62. The molecule has 0 saturated heterocycles. The molecule has 0 aliphatic heterocycles. The molecule has 0 aromatic heterocycles. The van der Waals surface area contributed by atoms with E-state index in [0.29, 0.717) is 0 Å². The van der Waals surface area contributed by atoms with Crippen molar-refractivity contribution in [2.75, 3.05) is 6.61 Å². The van der Waals surface area contributed by atoms with Gasteiger partial charge < -0.3 is 4.74 Å². The van der Waals surface area contributed by atoms with Gasteiger partial charge in [-0.25, -0.2) is 4.79 Å². The maximum atomic E-state index is 12.7. The van der Waals surface area contributed by atoms with Gasteiger partial charge in [-0.2, -0.15) is 18.4 Å². The van der Waals surface area contributed by atoms with E-state index in [1.54, 1.807) is 6.07 Å². The van der Waals surface area contributed by atoms with Crippen molar-refractivity contribution in [2.45, 2.75) is 20.0 Å². The van der Waals surface area contributed by atoms with Crippen LogP contribution in [0.15, 0.2) is 12.1 Å². The molecule has 0 heterocycles. The molecule has 0 spiro atoms. The standard InChI is InChI=1S/C12H10F3NO2/c1-3-18-11(17)10-7(2)9(12(13,14)15)5-4-8(10)6-16/h4-5H,3H2,1-2H3. The van der Waals surface area contributed by atoms with Crippen LogP contribution in [0.3, 0.4) is 0 Å². The minimum absolute atomic E-state index is 0.0272. The Labute approximate surface area is 102 Å². The summed E-state index contributed by atoms with van der Waals surface area (Å²) >= 11 is 0. The minimum atomic E-state index is -4.57. The van der Waals surface area contributed by atoms with Gasteiger partial charge in [0.2, 0.25) is 0 Å². The molecule has 1 rings (SSSR count). The third-order valence-corrected chi connectivity index (χ3v) is 2.37. The molecule has 0 unspecified atom stereocenters. The molecule has 0 bridgehead atoms. The van der Waals surface area contributed by atoms with Gasteiger partial charge in [-0.3, -0.25) is 0 Å². The summed E-state index contributed by atoms with van der Waals surface area (Å²) in [6.45, 7) is 2.71. The van der Waals surface area contributed by atoms with E-state index in [9.17, 15) is 18.0 Å². The molecule has 0 aliphatic rings. The topological polar surface area (TPSA) is 50.1 Å². The van der Waals surface area contributed by atoms with Gasteiger partial charge in [-0.1, -0.05) is 0 Å². The lowest BCUT2D eigenvalue weighted by atomic mass is 9.97. The van der Waals surface area contributed by atoms with Gasteiger partial charge in [0.05, 0.1) is 23.3 Å². The Morgan fingerprint density at radius 2 is 2.06 bits per heavy atom. The van der Waals surface area contributed by atoms with E-state index in [1.807, 2.05) is 0 Å². The highest BCUT2D eigenvalue weighted by Gasteiger charge is 2.34. The van der Waals surface area contributed by atoms with E-state index >= 15 is 0 Å². The molecule has 0 amide bonds. The summed E-state index contributed by atoms with van der Waals surface area (Å²) in [4.78, 5) is 11.6. The van der Waals surface area contributed by atoms with Crippen molar-refractivity contribution >= 4 is 5.97 Å². The highest BCUT2D eigenvalue weighted by atomic mass is 19.4. The van der Waals surface area contributed by atoms with Crippen LogP contribution in [0.5, 0.6) is 0 Å². The van der Waals surface area contributed by atoms with Crippen molar-refractivity contribution in [1.29, 1.82) is 5.26 Å². The van der Waals surface area contributed by atoms with E-state index in [-0.39, 0.29) is 23.3 Å². The Morgan fingerprint density at radius 3 is 2.50 bits per heavy atom. The normalized spacial score (nSPS) is 10.9. The Balaban J connectivity index is 3.47. The number of carbonyl (C=O) groups is 1. The number of nitrogens with zero attached hydrogens (tertiary/aromatic N) is 1. The second kappa shape index (κ2) is 5.08. The first-order valence-electron chi connectivity index (χ1n) is 5.11. The fraction of sp³-hybridized carbons (Fsp3) is 0.333. The van der Waals surface area contributed by atoms with Crippen molar-refractivity contribution in [1.82, 2.24) is 0 Å². The second-order valence-corrected chi connectivity index (χ2v) is 3.49. The highest BCUT2D eigenvalue weighted by molar-refractivity contribution is 5.94. The van der Waals surface area contributed by atoms with Crippen LogP contribution in [-0.2, 0) is 10.9 Å². The lowest BCUT2D eigenvalue weighted by Crippen LogP contribution is -2.15. The Morgan fingerprint density at radius 1 is 1.44 bits per heavy atom. The van der Waals surface area contributed by atoms with Crippen molar-refractivity contribution in [3.8, 4) is 6.07 Å². The number of ether oxygens (including phenoxy) is 1. The third-order valence-electron chi connectivity index (χ3n) is 2.37. The van der Waals surface area contributed by atoms with E-state index in [4.69, 9.17) is 5.26 Å². The van der Waals surface area contributed by atoms with Crippen LogP contribution in [0.4, 0.5) is 13.2 Å². The average molecular weight is 257 g/mol. The SMILES string of the molecule is CCOC(=O)c1c(C#N)ccc(C(F)(F)F)c1C. The number of hydrogen-bond acceptors (Lipinski definition) is 3. The van der Waals surface area contributed by atoms with Crippen molar-refractivity contribution in [3.05, 3.63) is 34.4 Å². The first kappa shape index (κ1) is 14.0. The fourth-order valence-corrected chi connectivity index (χ4v) is 1.58. The molecule has 0 fully saturated rings. The lowest BCUT2D eigenvalue weighted by molar-refractivity contribution is -0.138. The van der Waals surface area contributed by atoms with Crippen LogP contribution in [-0.4, -0.2) is 12.6 Å². The number of halogens is 3. The predicted molar refractivity (Wildman–Crippen MR) is 56.9 cm³/mol. The second-order valence-electron chi connectivity index (χ2n) is 3.49. The van der Waals surface area contributed by atoms with Crippen LogP contribution in [0, 0.1) is 18.3 Å². The molecule has 18 heavy (non-hydrogen) atoms. The fourth-order valence-electron chi connectivity index (χ4n) is 1.58. The van der Waals surface area contributed by atoms with Crippen LogP contribution < -0.4 is 0 Å². The van der Waals surface area contributed by atoms with Gasteiger partial charge in [0, 0.05) is 0 Å². The summed E-state index contributed by atoms with van der Waals surface area (Å²) in [5.41, 5.74) is -1.68. The van der Waals surface area contributed by atoms with Crippen LogP contribution in [0.1, 0.15) is 34.0 Å². The summed E-state index contributed by atoms with van der Waals surface area (Å²) < 4.78 is 42.7. The van der Waals surface area contributed by atoms with Crippen molar-refractivity contribution in [3.63, 3.8) is 0 Å². The molecule has 6 heteroatoms. The number of hydrogen-bond donors (Lipinski definition) is 0. The van der Waals surface area contributed by atoms with E-state index in [2.05, 4.69) is 4.74 Å². The summed E-state index contributed by atoms with van der Waals surface area (Å²) in [5, 5.41) is 8.81. The largest absolute Gasteiger partial charge is 0.462 e. The van der Waals surface area contributed by atoms with Crippen molar-refractivity contribution in [2.24, 2.45) is 0 Å². The summed E-state index contributed by atoms with van der Waals surface area (Å²) in [7, 11) is 0. The van der Waals surface area contributed by atoms with E-state index in [0.717, 1.165) is 19.1 Å². The Hall–Kier alpha value is -2.03. The number of alkyl halides is 3. The minimum Gasteiger partial charge on any atom is -0.462 e. The molecule has 3 nitrogen and oxygen atoms in total. The quantitative estimate of drug-likeness (QED) is 0.765. The van der Waals surface area contributed by atoms with Gasteiger partial charge in [-0.05, 0) is 31.5 Å². The smallest absolute Gasteiger partial charge is 0.416 e. The van der Waals surface area contributed by atoms with Gasteiger partial charge in [0.1, 0.15) is 6.07 Å². The zero-order valence-corrected chi connectivity index (χ0v) is 9.76. The number of benzene rings is 1. The van der Waals surface area contributed by atoms with Gasteiger partial charge in [0.25, 0.3) is 0 Å². The molecule has 0 atom stereocenters. The molecular weight excluding hydrogens is 247 g/mol. The molecule has 1 aromatic rings. The number of esters is 1. The van der Waals surface area contributed by atoms with E-state index < -0.39 is 17.7 Å². The molecule has 96 valence electrons. The number of nitriles is 1. The first-order valence-corrected chi connectivity index (χ1v) is 5.11. The Kier molecular flexibility index (Phi) is 3.96. The number of rotatable bonds is 2. The predicted octanol–water partition coefficient (Wildman–Crippen LogP) is 3.06. The van der Waals surface area contributed by atoms with E-state index in [1.165, 1.54) is 6.92 Å². The van der Waals surface area contributed by atoms with Gasteiger partial charge in [-0.15, -0.1) is 0 Å². The summed E-state index contributed by atoms with van der Waals surface area (Å²) in [5.74, 6) is -0.919. The molecular formula is C12H10F3NO2. The molecule has 0 N–H and O–H groups in total. The zero-order chi connectivity index (χ0) is 13.9. The summed E-state index contributed by atoms with van der Waals surface area (Å²) in [6, 6.07) is 3.45. The molecule has 1 aromatic carbocycles. The molecule has 0 saturated carbocycles. The van der Waals surface area contributed by atoms with Crippen molar-refractivity contribution < 1.29 is 22.7 Å². The van der Waals surface area contributed by atoms with Crippen LogP contribution in [0.2, 0.25) is 0 Å². The average Bonchev–Trinajstić information content (AvgIpc) is 2.26. The molecule has 0 radical (unpaired) electrons. The number of carbonyl (C=O) groups excluding carboxylic acids is 1. The zero-order valence-electron chi connectivity index (χ0n) is 9.76. The highest BCUT2D eigenvalue weighted by Crippen LogP contribution is 2.34. The first-order chi connectivity index (χ1) is 8.32. The van der Waals surface area contributed by atoms with Gasteiger partial charge >= 0.3 is 12.1 Å². The Bertz CT molecular complexity index is 515. The monoisotopic (exact) mass is 257 g/mol. The summed E-state index contributed by atoms with van der Waals surface area (Å²) in [6.07, 6.45) is -4.57. The molecule has 0 aliphatic carbocycles. The lowest BCUT2D eigenvalue weighted by Gasteiger charge is -2.14. The maximum absolute atomic E-state index is 12.7. The van der Waals surface area contributed by atoms with Crippen LogP contribution >= 0.6 is 0 Å². The van der Waals surface area contributed by atoms with Gasteiger partial charge in [0.15, 0.2) is 0 Å². The maximum Gasteiger partial charge on any atom is 0.416 e.